The van der Waals surface area contributed by atoms with E-state index >= 15 is 0 Å². The largest absolute Gasteiger partial charge is 0.351 e. The fourth-order valence-corrected chi connectivity index (χ4v) is 1.69. The molecule has 0 aliphatic carbocycles. The molecule has 1 heterocycles. The van der Waals surface area contributed by atoms with Crippen LogP contribution in [-0.2, 0) is 0 Å². The Kier molecular flexibility index (Phi) is 3.41. The predicted molar refractivity (Wildman–Crippen MR) is 67.2 cm³/mol. The molecule has 0 saturated heterocycles. The number of pyridine rings is 1. The number of H-pyrrole nitrogens is 1. The Morgan fingerprint density at radius 3 is 2.89 bits per heavy atom. The van der Waals surface area contributed by atoms with Gasteiger partial charge >= 0.3 is 0 Å². The van der Waals surface area contributed by atoms with Gasteiger partial charge in [-0.2, -0.15) is 0 Å². The number of hydrogen-bond acceptors (Lipinski definition) is 2. The highest BCUT2D eigenvalue weighted by molar-refractivity contribution is 5.96. The van der Waals surface area contributed by atoms with Crippen LogP contribution in [-0.4, -0.2) is 17.4 Å². The maximum atomic E-state index is 13.0. The highest BCUT2D eigenvalue weighted by Crippen LogP contribution is 2.12. The van der Waals surface area contributed by atoms with E-state index in [2.05, 4.69) is 10.3 Å². The topological polar surface area (TPSA) is 62.0 Å². The van der Waals surface area contributed by atoms with Crippen LogP contribution in [0.4, 0.5) is 4.39 Å². The Morgan fingerprint density at radius 2 is 2.17 bits per heavy atom. The van der Waals surface area contributed by atoms with E-state index in [0.29, 0.717) is 11.9 Å². The molecule has 2 N–H and O–H groups in total. The molecule has 5 heteroatoms. The summed E-state index contributed by atoms with van der Waals surface area (Å²) < 4.78 is 13.0. The average Bonchev–Trinajstić information content (AvgIpc) is 2.36. The van der Waals surface area contributed by atoms with Crippen LogP contribution in [0.3, 0.4) is 0 Å². The SMILES string of the molecule is CCCNC(=O)c1cc2ccc(F)cc2c(=O)[nH]1. The van der Waals surface area contributed by atoms with Crippen molar-refractivity contribution in [2.45, 2.75) is 13.3 Å². The van der Waals surface area contributed by atoms with Gasteiger partial charge in [0.1, 0.15) is 11.5 Å². The van der Waals surface area contributed by atoms with E-state index in [-0.39, 0.29) is 17.0 Å². The second-order valence-corrected chi connectivity index (χ2v) is 4.00. The van der Waals surface area contributed by atoms with Crippen molar-refractivity contribution in [3.05, 3.63) is 46.1 Å². The van der Waals surface area contributed by atoms with Crippen molar-refractivity contribution in [2.75, 3.05) is 6.54 Å². The smallest absolute Gasteiger partial charge is 0.267 e. The zero-order chi connectivity index (χ0) is 13.1. The molecule has 0 spiro atoms. The summed E-state index contributed by atoms with van der Waals surface area (Å²) in [6.45, 7) is 2.48. The second kappa shape index (κ2) is 5.00. The summed E-state index contributed by atoms with van der Waals surface area (Å²) >= 11 is 0. The molecule has 0 bridgehead atoms. The average molecular weight is 248 g/mol. The van der Waals surface area contributed by atoms with Gasteiger partial charge in [0, 0.05) is 11.9 Å². The van der Waals surface area contributed by atoms with Gasteiger partial charge in [0.2, 0.25) is 0 Å². The number of aromatic amines is 1. The number of rotatable bonds is 3. The van der Waals surface area contributed by atoms with Gasteiger partial charge in [-0.1, -0.05) is 13.0 Å². The van der Waals surface area contributed by atoms with Crippen molar-refractivity contribution in [1.29, 1.82) is 0 Å². The van der Waals surface area contributed by atoms with E-state index in [4.69, 9.17) is 0 Å². The van der Waals surface area contributed by atoms with Crippen LogP contribution in [0.1, 0.15) is 23.8 Å². The van der Waals surface area contributed by atoms with E-state index in [9.17, 15) is 14.0 Å². The van der Waals surface area contributed by atoms with Crippen molar-refractivity contribution in [2.24, 2.45) is 0 Å². The highest BCUT2D eigenvalue weighted by atomic mass is 19.1. The standard InChI is InChI=1S/C13H13FN2O2/c1-2-5-15-13(18)11-6-8-3-4-9(14)7-10(8)12(17)16-11/h3-4,6-7H,2,5H2,1H3,(H,15,18)(H,16,17). The number of aromatic nitrogens is 1. The lowest BCUT2D eigenvalue weighted by Crippen LogP contribution is -2.27. The van der Waals surface area contributed by atoms with Crippen LogP contribution >= 0.6 is 0 Å². The summed E-state index contributed by atoms with van der Waals surface area (Å²) in [5.41, 5.74) is -0.277. The fraction of sp³-hybridized carbons (Fsp3) is 0.231. The first-order valence-electron chi connectivity index (χ1n) is 5.72. The van der Waals surface area contributed by atoms with Gasteiger partial charge in [0.05, 0.1) is 0 Å². The third-order valence-corrected chi connectivity index (χ3v) is 2.59. The normalized spacial score (nSPS) is 10.6. The monoisotopic (exact) mass is 248 g/mol. The molecule has 94 valence electrons. The zero-order valence-corrected chi connectivity index (χ0v) is 9.92. The molecular weight excluding hydrogens is 235 g/mol. The van der Waals surface area contributed by atoms with Crippen LogP contribution in [0.5, 0.6) is 0 Å². The zero-order valence-electron chi connectivity index (χ0n) is 9.92. The Bertz CT molecular complexity index is 649. The number of nitrogens with one attached hydrogen (secondary N) is 2. The van der Waals surface area contributed by atoms with Crippen LogP contribution < -0.4 is 10.9 Å². The minimum Gasteiger partial charge on any atom is -0.351 e. The molecule has 1 aromatic carbocycles. The lowest BCUT2D eigenvalue weighted by atomic mass is 10.1. The summed E-state index contributed by atoms with van der Waals surface area (Å²) in [5, 5.41) is 3.45. The maximum Gasteiger partial charge on any atom is 0.267 e. The summed E-state index contributed by atoms with van der Waals surface area (Å²) in [4.78, 5) is 25.9. The maximum absolute atomic E-state index is 13.0. The first-order valence-corrected chi connectivity index (χ1v) is 5.72. The first-order chi connectivity index (χ1) is 8.61. The van der Waals surface area contributed by atoms with E-state index in [0.717, 1.165) is 12.5 Å². The molecule has 18 heavy (non-hydrogen) atoms. The van der Waals surface area contributed by atoms with Gasteiger partial charge in [-0.05, 0) is 30.0 Å². The van der Waals surface area contributed by atoms with Crippen molar-refractivity contribution < 1.29 is 9.18 Å². The molecular formula is C13H13FN2O2. The molecule has 0 aliphatic heterocycles. The number of hydrogen-bond donors (Lipinski definition) is 2. The third-order valence-electron chi connectivity index (χ3n) is 2.59. The minimum atomic E-state index is -0.476. The molecule has 1 aromatic heterocycles. The number of fused-ring (bicyclic) bond motifs is 1. The summed E-state index contributed by atoms with van der Waals surface area (Å²) in [7, 11) is 0. The van der Waals surface area contributed by atoms with Gasteiger partial charge in [-0.15, -0.1) is 0 Å². The number of carbonyl (C=O) groups excluding carboxylic acids is 1. The van der Waals surface area contributed by atoms with Gasteiger partial charge < -0.3 is 10.3 Å². The quantitative estimate of drug-likeness (QED) is 0.870. The lowest BCUT2D eigenvalue weighted by Gasteiger charge is -2.04. The number of amides is 1. The van der Waals surface area contributed by atoms with Crippen LogP contribution in [0, 0.1) is 5.82 Å². The molecule has 0 aliphatic rings. The Hall–Kier alpha value is -2.17. The van der Waals surface area contributed by atoms with Crippen molar-refractivity contribution in [3.63, 3.8) is 0 Å². The molecule has 4 nitrogen and oxygen atoms in total. The molecule has 0 radical (unpaired) electrons. The van der Waals surface area contributed by atoms with E-state index in [1.54, 1.807) is 6.07 Å². The highest BCUT2D eigenvalue weighted by Gasteiger charge is 2.09. The molecule has 2 aromatic rings. The van der Waals surface area contributed by atoms with Crippen LogP contribution in [0.15, 0.2) is 29.1 Å². The van der Waals surface area contributed by atoms with Crippen molar-refractivity contribution in [3.8, 4) is 0 Å². The summed E-state index contributed by atoms with van der Waals surface area (Å²) in [6, 6.07) is 5.44. The first kappa shape index (κ1) is 12.3. The molecule has 0 saturated carbocycles. The van der Waals surface area contributed by atoms with Crippen molar-refractivity contribution in [1.82, 2.24) is 10.3 Å². The molecule has 0 fully saturated rings. The molecule has 2 rings (SSSR count). The third kappa shape index (κ3) is 2.40. The summed E-state index contributed by atoms with van der Waals surface area (Å²) in [6.07, 6.45) is 0.814. The second-order valence-electron chi connectivity index (χ2n) is 4.00. The van der Waals surface area contributed by atoms with Gasteiger partial charge in [0.15, 0.2) is 0 Å². The van der Waals surface area contributed by atoms with E-state index in [1.807, 2.05) is 6.92 Å². The van der Waals surface area contributed by atoms with Gasteiger partial charge in [-0.3, -0.25) is 9.59 Å². The lowest BCUT2D eigenvalue weighted by molar-refractivity contribution is 0.0948. The van der Waals surface area contributed by atoms with E-state index in [1.165, 1.54) is 12.1 Å². The van der Waals surface area contributed by atoms with Gasteiger partial charge in [0.25, 0.3) is 11.5 Å². The van der Waals surface area contributed by atoms with Crippen molar-refractivity contribution >= 4 is 16.7 Å². The van der Waals surface area contributed by atoms with Crippen LogP contribution in [0.2, 0.25) is 0 Å². The van der Waals surface area contributed by atoms with Crippen LogP contribution in [0.25, 0.3) is 10.8 Å². The van der Waals surface area contributed by atoms with Gasteiger partial charge in [-0.25, -0.2) is 4.39 Å². The Balaban J connectivity index is 2.46. The summed E-state index contributed by atoms with van der Waals surface area (Å²) in [5.74, 6) is -0.809. The molecule has 1 amide bonds. The predicted octanol–water partition coefficient (Wildman–Crippen LogP) is 1.81. The number of carbonyl (C=O) groups is 1. The number of halogens is 1. The molecule has 0 unspecified atom stereocenters. The fourth-order valence-electron chi connectivity index (χ4n) is 1.69. The Labute approximate surface area is 103 Å². The molecule has 0 atom stereocenters. The number of benzene rings is 1. The van der Waals surface area contributed by atoms with E-state index < -0.39 is 11.4 Å². The Morgan fingerprint density at radius 1 is 1.39 bits per heavy atom. The minimum absolute atomic E-state index is 0.188.